The van der Waals surface area contributed by atoms with Crippen LogP contribution in [0.15, 0.2) is 48.5 Å². The van der Waals surface area contributed by atoms with Crippen LogP contribution in [-0.4, -0.2) is 61.7 Å². The summed E-state index contributed by atoms with van der Waals surface area (Å²) in [5.74, 6) is 2.27. The molecule has 0 bridgehead atoms. The number of rotatable bonds is 8. The van der Waals surface area contributed by atoms with Crippen LogP contribution in [0.5, 0.6) is 0 Å². The summed E-state index contributed by atoms with van der Waals surface area (Å²) < 4.78 is 0. The van der Waals surface area contributed by atoms with Crippen molar-refractivity contribution >= 4 is 0 Å². The summed E-state index contributed by atoms with van der Waals surface area (Å²) in [5.41, 5.74) is 19.5. The number of nitrogens with two attached hydrogens (primary N) is 2. The maximum Gasteiger partial charge on any atom is 0.0109 e. The summed E-state index contributed by atoms with van der Waals surface area (Å²) in [7, 11) is 0. The fourth-order valence-electron chi connectivity index (χ4n) is 7.11. The first-order valence-electron chi connectivity index (χ1n) is 16.4. The molecule has 0 spiro atoms. The number of hydrogen-bond acceptors (Lipinski definition) is 4. The minimum absolute atomic E-state index is 0.201. The minimum atomic E-state index is 0.201. The summed E-state index contributed by atoms with van der Waals surface area (Å²) >= 11 is 0. The van der Waals surface area contributed by atoms with E-state index in [-0.39, 0.29) is 16.9 Å². The summed E-state index contributed by atoms with van der Waals surface area (Å²) in [6.07, 6.45) is 4.63. The van der Waals surface area contributed by atoms with Crippen LogP contribution in [0.1, 0.15) is 83.6 Å². The van der Waals surface area contributed by atoms with E-state index < -0.39 is 0 Å². The Morgan fingerprint density at radius 2 is 1.24 bits per heavy atom. The first-order valence-corrected chi connectivity index (χ1v) is 16.4. The molecule has 2 heterocycles. The molecule has 4 N–H and O–H groups in total. The molecule has 2 saturated heterocycles. The van der Waals surface area contributed by atoms with Gasteiger partial charge in [0, 0.05) is 38.8 Å². The van der Waals surface area contributed by atoms with Crippen molar-refractivity contribution in [1.82, 2.24) is 9.80 Å². The van der Waals surface area contributed by atoms with Crippen LogP contribution >= 0.6 is 0 Å². The van der Waals surface area contributed by atoms with Gasteiger partial charge in [-0.2, -0.15) is 0 Å². The van der Waals surface area contributed by atoms with E-state index in [1.54, 1.807) is 0 Å². The standard InChI is InChI=1S/C37H60N4/c1-27-16-19-40(20-17-28-8-12-32(13-9-28)36(2,3)4)26-34(35(27)39)31-22-30(23-38)24-41(25-31)21-18-29-10-14-33(15-11-29)37(5,6)7/h8-15,27,30-31,34-35H,16-26,38-39H2,1-7H3/t27-,30-,31?,34?,35?/m1/s1. The molecule has 3 unspecified atom stereocenters. The number of piperidine rings is 1. The molecule has 2 aliphatic rings. The van der Waals surface area contributed by atoms with Gasteiger partial charge in [0.2, 0.25) is 0 Å². The van der Waals surface area contributed by atoms with E-state index >= 15 is 0 Å². The zero-order valence-corrected chi connectivity index (χ0v) is 27.3. The molecule has 2 aliphatic heterocycles. The molecule has 2 fully saturated rings. The molecule has 0 aliphatic carbocycles. The quantitative estimate of drug-likeness (QED) is 0.401. The van der Waals surface area contributed by atoms with Crippen LogP contribution in [0.2, 0.25) is 0 Å². The monoisotopic (exact) mass is 560 g/mol. The first kappa shape index (κ1) is 32.2. The SMILES string of the molecule is C[C@@H]1CCN(CCc2ccc(C(C)(C)C)cc2)CC(C2C[C@H](CN)CN(CCc3ccc(C(C)(C)C)cc3)C2)C1N. The van der Waals surface area contributed by atoms with E-state index in [1.165, 1.54) is 35.1 Å². The Labute approximate surface area is 252 Å². The first-order chi connectivity index (χ1) is 19.3. The number of nitrogens with zero attached hydrogens (tertiary/aromatic N) is 2. The predicted molar refractivity (Wildman–Crippen MR) is 176 cm³/mol. The van der Waals surface area contributed by atoms with E-state index in [0.29, 0.717) is 23.7 Å². The van der Waals surface area contributed by atoms with Crippen molar-refractivity contribution in [3.8, 4) is 0 Å². The third-order valence-corrected chi connectivity index (χ3v) is 10.2. The van der Waals surface area contributed by atoms with Gasteiger partial charge in [0.1, 0.15) is 0 Å². The van der Waals surface area contributed by atoms with E-state index in [1.807, 2.05) is 0 Å². The van der Waals surface area contributed by atoms with Crippen molar-refractivity contribution < 1.29 is 0 Å². The van der Waals surface area contributed by atoms with Gasteiger partial charge in [0.05, 0.1) is 0 Å². The van der Waals surface area contributed by atoms with Crippen molar-refractivity contribution in [3.05, 3.63) is 70.8 Å². The highest BCUT2D eigenvalue weighted by Gasteiger charge is 2.38. The fourth-order valence-corrected chi connectivity index (χ4v) is 7.11. The van der Waals surface area contributed by atoms with Gasteiger partial charge in [0.15, 0.2) is 0 Å². The Bertz CT molecular complexity index is 1060. The largest absolute Gasteiger partial charge is 0.330 e. The summed E-state index contributed by atoms with van der Waals surface area (Å²) in [6.45, 7) is 23.7. The third kappa shape index (κ3) is 8.89. The summed E-state index contributed by atoms with van der Waals surface area (Å²) in [5, 5.41) is 0. The molecule has 2 aromatic rings. The lowest BCUT2D eigenvalue weighted by Gasteiger charge is -2.43. The molecule has 2 aromatic carbocycles. The van der Waals surface area contributed by atoms with E-state index in [9.17, 15) is 0 Å². The van der Waals surface area contributed by atoms with Crippen LogP contribution in [0.3, 0.4) is 0 Å². The van der Waals surface area contributed by atoms with Crippen molar-refractivity contribution in [3.63, 3.8) is 0 Å². The smallest absolute Gasteiger partial charge is 0.0109 e. The summed E-state index contributed by atoms with van der Waals surface area (Å²) in [4.78, 5) is 5.42. The number of likely N-dealkylation sites (tertiary alicyclic amines) is 2. The Hall–Kier alpha value is -1.72. The Morgan fingerprint density at radius 1 is 0.732 bits per heavy atom. The molecule has 4 nitrogen and oxygen atoms in total. The van der Waals surface area contributed by atoms with E-state index in [0.717, 1.165) is 58.7 Å². The number of benzene rings is 2. The van der Waals surface area contributed by atoms with Crippen molar-refractivity contribution in [1.29, 1.82) is 0 Å². The Morgan fingerprint density at radius 3 is 1.73 bits per heavy atom. The highest BCUT2D eigenvalue weighted by Crippen LogP contribution is 2.34. The maximum absolute atomic E-state index is 7.05. The van der Waals surface area contributed by atoms with Gasteiger partial charge in [-0.05, 0) is 95.5 Å². The van der Waals surface area contributed by atoms with Crippen molar-refractivity contribution in [2.24, 2.45) is 35.1 Å². The molecular weight excluding hydrogens is 500 g/mol. The van der Waals surface area contributed by atoms with Gasteiger partial charge < -0.3 is 21.3 Å². The average molecular weight is 561 g/mol. The molecule has 0 radical (unpaired) electrons. The molecule has 4 heteroatoms. The molecule has 4 rings (SSSR count). The molecular formula is C37H60N4. The second-order valence-corrected chi connectivity index (χ2v) is 15.6. The lowest BCUT2D eigenvalue weighted by atomic mass is 9.74. The maximum atomic E-state index is 7.05. The van der Waals surface area contributed by atoms with Gasteiger partial charge in [-0.25, -0.2) is 0 Å². The molecule has 0 amide bonds. The molecule has 0 aromatic heterocycles. The van der Waals surface area contributed by atoms with Crippen LogP contribution < -0.4 is 11.5 Å². The Kier molecular flexibility index (Phi) is 10.8. The van der Waals surface area contributed by atoms with E-state index in [2.05, 4.69) is 107 Å². The van der Waals surface area contributed by atoms with Gasteiger partial charge in [-0.1, -0.05) is 97.0 Å². The molecule has 228 valence electrons. The molecule has 41 heavy (non-hydrogen) atoms. The van der Waals surface area contributed by atoms with Crippen LogP contribution in [0.4, 0.5) is 0 Å². The van der Waals surface area contributed by atoms with E-state index in [4.69, 9.17) is 11.5 Å². The molecule has 0 saturated carbocycles. The zero-order valence-electron chi connectivity index (χ0n) is 27.3. The second-order valence-electron chi connectivity index (χ2n) is 15.6. The van der Waals surface area contributed by atoms with Gasteiger partial charge in [0.25, 0.3) is 0 Å². The highest BCUT2D eigenvalue weighted by atomic mass is 15.2. The normalized spacial score (nSPS) is 27.1. The fraction of sp³-hybridized carbons (Fsp3) is 0.676. The minimum Gasteiger partial charge on any atom is -0.330 e. The van der Waals surface area contributed by atoms with Gasteiger partial charge in [-0.15, -0.1) is 0 Å². The molecule has 5 atom stereocenters. The van der Waals surface area contributed by atoms with Gasteiger partial charge >= 0.3 is 0 Å². The lowest BCUT2D eigenvalue weighted by Crippen LogP contribution is -2.51. The topological polar surface area (TPSA) is 58.5 Å². The van der Waals surface area contributed by atoms with Crippen LogP contribution in [0.25, 0.3) is 0 Å². The summed E-state index contributed by atoms with van der Waals surface area (Å²) in [6, 6.07) is 18.9. The number of hydrogen-bond donors (Lipinski definition) is 2. The average Bonchev–Trinajstić information content (AvgIpc) is 3.08. The van der Waals surface area contributed by atoms with Crippen LogP contribution in [-0.2, 0) is 23.7 Å². The van der Waals surface area contributed by atoms with Crippen LogP contribution in [0, 0.1) is 23.7 Å². The highest BCUT2D eigenvalue weighted by molar-refractivity contribution is 5.28. The second kappa shape index (κ2) is 13.7. The van der Waals surface area contributed by atoms with Crippen molar-refractivity contribution in [2.45, 2.75) is 91.0 Å². The predicted octanol–water partition coefficient (Wildman–Crippen LogP) is 6.25. The Balaban J connectivity index is 1.39. The lowest BCUT2D eigenvalue weighted by molar-refractivity contribution is 0.0690. The third-order valence-electron chi connectivity index (χ3n) is 10.2. The zero-order chi connectivity index (χ0) is 29.8. The van der Waals surface area contributed by atoms with Crippen molar-refractivity contribution in [2.75, 3.05) is 45.8 Å². The van der Waals surface area contributed by atoms with Gasteiger partial charge in [-0.3, -0.25) is 0 Å².